The molecule has 0 spiro atoms. The van der Waals surface area contributed by atoms with Crippen LogP contribution < -0.4 is 16.0 Å². The number of halogens is 1. The number of nitrogens with one attached hydrogen (secondary N) is 1. The van der Waals surface area contributed by atoms with Crippen LogP contribution in [0.3, 0.4) is 0 Å². The fraction of sp³-hybridized carbons (Fsp3) is 0.692. The maximum atomic E-state index is 5.92. The van der Waals surface area contributed by atoms with Crippen molar-refractivity contribution < 1.29 is 0 Å². The number of hydrogen-bond donors (Lipinski definition) is 2. The summed E-state index contributed by atoms with van der Waals surface area (Å²) < 4.78 is 2.03. The van der Waals surface area contributed by atoms with E-state index in [1.807, 2.05) is 36.8 Å². The number of aliphatic imine (C=N–C) groups is 1. The van der Waals surface area contributed by atoms with Crippen LogP contribution in [0.15, 0.2) is 11.2 Å². The van der Waals surface area contributed by atoms with Gasteiger partial charge in [0.15, 0.2) is 5.96 Å². The quantitative estimate of drug-likeness (QED) is 0.462. The predicted molar refractivity (Wildman–Crippen MR) is 93.7 cm³/mol. The fourth-order valence-corrected chi connectivity index (χ4v) is 2.49. The topological polar surface area (TPSA) is 71.5 Å². The van der Waals surface area contributed by atoms with Gasteiger partial charge in [-0.15, -0.1) is 24.0 Å². The normalized spacial score (nSPS) is 16.1. The molecule has 0 aromatic carbocycles. The molecule has 0 aliphatic heterocycles. The van der Waals surface area contributed by atoms with Gasteiger partial charge in [0.05, 0.1) is 18.4 Å². The van der Waals surface area contributed by atoms with Gasteiger partial charge in [-0.3, -0.25) is 0 Å². The van der Waals surface area contributed by atoms with Crippen LogP contribution >= 0.6 is 24.0 Å². The lowest BCUT2D eigenvalue weighted by atomic mass is 10.2. The van der Waals surface area contributed by atoms with Crippen LogP contribution in [0.4, 0.5) is 5.95 Å². The molecule has 2 rings (SSSR count). The van der Waals surface area contributed by atoms with E-state index in [2.05, 4.69) is 15.3 Å². The van der Waals surface area contributed by atoms with Crippen LogP contribution in [-0.4, -0.2) is 35.6 Å². The van der Waals surface area contributed by atoms with Gasteiger partial charge in [-0.05, 0) is 12.8 Å². The lowest BCUT2D eigenvalue weighted by molar-refractivity contribution is 0.624. The molecule has 1 aliphatic carbocycles. The van der Waals surface area contributed by atoms with Gasteiger partial charge in [0, 0.05) is 27.2 Å². The fourth-order valence-electron chi connectivity index (χ4n) is 2.49. The molecule has 20 heavy (non-hydrogen) atoms. The standard InChI is InChI=1S/C13H24N6.HI/c1-18(2)13-16-9-11(19(13)3)8-15-12(14)17-10-6-4-5-7-10;/h9-10H,4-8H2,1-3H3,(H3,14,15,17);1H. The lowest BCUT2D eigenvalue weighted by Crippen LogP contribution is -2.38. The summed E-state index contributed by atoms with van der Waals surface area (Å²) in [6, 6.07) is 0.507. The Morgan fingerprint density at radius 3 is 2.70 bits per heavy atom. The molecule has 114 valence electrons. The molecule has 1 aromatic rings. The molecular formula is C13H25IN6. The van der Waals surface area contributed by atoms with E-state index in [0.29, 0.717) is 18.5 Å². The summed E-state index contributed by atoms with van der Waals surface area (Å²) in [6.45, 7) is 0.558. The van der Waals surface area contributed by atoms with Gasteiger partial charge in [0.1, 0.15) is 0 Å². The molecule has 1 saturated carbocycles. The van der Waals surface area contributed by atoms with Gasteiger partial charge in [-0.2, -0.15) is 0 Å². The smallest absolute Gasteiger partial charge is 0.204 e. The maximum Gasteiger partial charge on any atom is 0.204 e. The van der Waals surface area contributed by atoms with Crippen molar-refractivity contribution in [3.8, 4) is 0 Å². The Morgan fingerprint density at radius 1 is 1.50 bits per heavy atom. The second kappa shape index (κ2) is 7.70. The van der Waals surface area contributed by atoms with Crippen molar-refractivity contribution >= 4 is 35.9 Å². The second-order valence-electron chi connectivity index (χ2n) is 5.33. The minimum Gasteiger partial charge on any atom is -0.370 e. The molecule has 6 nitrogen and oxygen atoms in total. The Bertz CT molecular complexity index is 448. The summed E-state index contributed by atoms with van der Waals surface area (Å²) in [5.41, 5.74) is 6.97. The van der Waals surface area contributed by atoms with E-state index >= 15 is 0 Å². The van der Waals surface area contributed by atoms with Crippen molar-refractivity contribution in [3.63, 3.8) is 0 Å². The SMILES string of the molecule is CN(C)c1ncc(CN=C(N)NC2CCCC2)n1C.I. The largest absolute Gasteiger partial charge is 0.370 e. The van der Waals surface area contributed by atoms with E-state index in [-0.39, 0.29) is 24.0 Å². The van der Waals surface area contributed by atoms with E-state index in [1.165, 1.54) is 25.7 Å². The average molecular weight is 392 g/mol. The van der Waals surface area contributed by atoms with Gasteiger partial charge >= 0.3 is 0 Å². The first-order valence-electron chi connectivity index (χ1n) is 6.82. The molecular weight excluding hydrogens is 367 g/mol. The minimum atomic E-state index is 0. The highest BCUT2D eigenvalue weighted by atomic mass is 127. The molecule has 0 bridgehead atoms. The number of aromatic nitrogens is 2. The van der Waals surface area contributed by atoms with Gasteiger partial charge in [0.2, 0.25) is 5.95 Å². The van der Waals surface area contributed by atoms with Crippen LogP contribution in [0.25, 0.3) is 0 Å². The van der Waals surface area contributed by atoms with Crippen molar-refractivity contribution in [1.29, 1.82) is 0 Å². The van der Waals surface area contributed by atoms with Crippen molar-refractivity contribution in [3.05, 3.63) is 11.9 Å². The zero-order chi connectivity index (χ0) is 13.8. The third kappa shape index (κ3) is 4.26. The Morgan fingerprint density at radius 2 is 2.15 bits per heavy atom. The van der Waals surface area contributed by atoms with Crippen LogP contribution in [0.5, 0.6) is 0 Å². The third-order valence-corrected chi connectivity index (χ3v) is 3.58. The Labute approximate surface area is 137 Å². The van der Waals surface area contributed by atoms with E-state index in [0.717, 1.165) is 11.6 Å². The summed E-state index contributed by atoms with van der Waals surface area (Å²) in [5, 5.41) is 3.29. The number of hydrogen-bond acceptors (Lipinski definition) is 3. The minimum absolute atomic E-state index is 0. The first-order chi connectivity index (χ1) is 9.08. The number of imidazole rings is 1. The highest BCUT2D eigenvalue weighted by molar-refractivity contribution is 14.0. The van der Waals surface area contributed by atoms with E-state index in [9.17, 15) is 0 Å². The van der Waals surface area contributed by atoms with Crippen molar-refractivity contribution in [1.82, 2.24) is 14.9 Å². The molecule has 0 atom stereocenters. The summed E-state index contributed by atoms with van der Waals surface area (Å²) in [6.07, 6.45) is 6.83. The lowest BCUT2D eigenvalue weighted by Gasteiger charge is -2.13. The highest BCUT2D eigenvalue weighted by Crippen LogP contribution is 2.17. The van der Waals surface area contributed by atoms with Crippen LogP contribution in [0, 0.1) is 0 Å². The first kappa shape index (κ1) is 17.1. The Hall–Kier alpha value is -0.990. The third-order valence-electron chi connectivity index (χ3n) is 3.58. The van der Waals surface area contributed by atoms with Gasteiger partial charge < -0.3 is 20.5 Å². The first-order valence-corrected chi connectivity index (χ1v) is 6.82. The molecule has 1 heterocycles. The molecule has 1 fully saturated rings. The van der Waals surface area contributed by atoms with Crippen LogP contribution in [-0.2, 0) is 13.6 Å². The highest BCUT2D eigenvalue weighted by Gasteiger charge is 2.15. The summed E-state index contributed by atoms with van der Waals surface area (Å²) in [5.74, 6) is 1.46. The van der Waals surface area contributed by atoms with E-state index < -0.39 is 0 Å². The number of nitrogens with zero attached hydrogens (tertiary/aromatic N) is 4. The van der Waals surface area contributed by atoms with Gasteiger partial charge in [0.25, 0.3) is 0 Å². The van der Waals surface area contributed by atoms with Crippen molar-refractivity contribution in [2.45, 2.75) is 38.3 Å². The van der Waals surface area contributed by atoms with Gasteiger partial charge in [-0.1, -0.05) is 12.8 Å². The Balaban J connectivity index is 0.00000200. The molecule has 0 amide bonds. The number of rotatable bonds is 4. The average Bonchev–Trinajstić information content (AvgIpc) is 2.96. The molecule has 0 radical (unpaired) electrons. The number of guanidine groups is 1. The predicted octanol–water partition coefficient (Wildman–Crippen LogP) is 1.45. The van der Waals surface area contributed by atoms with E-state index in [1.54, 1.807) is 0 Å². The second-order valence-corrected chi connectivity index (χ2v) is 5.33. The van der Waals surface area contributed by atoms with E-state index in [4.69, 9.17) is 5.73 Å². The zero-order valence-corrected chi connectivity index (χ0v) is 14.8. The zero-order valence-electron chi connectivity index (χ0n) is 12.5. The number of anilines is 1. The number of nitrogens with two attached hydrogens (primary N) is 1. The summed E-state index contributed by atoms with van der Waals surface area (Å²) in [7, 11) is 5.95. The molecule has 0 saturated heterocycles. The van der Waals surface area contributed by atoms with Crippen molar-refractivity contribution in [2.75, 3.05) is 19.0 Å². The van der Waals surface area contributed by atoms with Crippen LogP contribution in [0.1, 0.15) is 31.4 Å². The molecule has 3 N–H and O–H groups in total. The maximum absolute atomic E-state index is 5.92. The molecule has 1 aliphatic rings. The monoisotopic (exact) mass is 392 g/mol. The molecule has 7 heteroatoms. The summed E-state index contributed by atoms with van der Waals surface area (Å²) >= 11 is 0. The van der Waals surface area contributed by atoms with Gasteiger partial charge in [-0.25, -0.2) is 9.98 Å². The molecule has 1 aromatic heterocycles. The summed E-state index contributed by atoms with van der Waals surface area (Å²) in [4.78, 5) is 10.7. The molecule has 0 unspecified atom stereocenters. The van der Waals surface area contributed by atoms with Crippen LogP contribution in [0.2, 0.25) is 0 Å². The van der Waals surface area contributed by atoms with Crippen molar-refractivity contribution in [2.24, 2.45) is 17.8 Å². The Kier molecular flexibility index (Phi) is 6.57.